The van der Waals surface area contributed by atoms with Gasteiger partial charge in [-0.3, -0.25) is 14.9 Å². The number of nitrogens with one attached hydrogen (secondary N) is 1. The van der Waals surface area contributed by atoms with E-state index in [4.69, 9.17) is 0 Å². The zero-order valence-corrected chi connectivity index (χ0v) is 10.3. The Kier molecular flexibility index (Phi) is 2.81. The molecule has 7 nitrogen and oxygen atoms in total. The number of H-pyrrole nitrogens is 1. The molecular formula is C12H14N4O3. The van der Waals surface area contributed by atoms with E-state index in [0.29, 0.717) is 5.52 Å². The zero-order valence-electron chi connectivity index (χ0n) is 10.3. The summed E-state index contributed by atoms with van der Waals surface area (Å²) in [4.78, 5) is 28.7. The molecule has 0 saturated heterocycles. The van der Waals surface area contributed by atoms with Crippen LogP contribution in [-0.2, 0) is 0 Å². The largest absolute Gasteiger partial charge is 0.322 e. The molecule has 0 bridgehead atoms. The normalized spacial score (nSPS) is 16.8. The molecule has 100 valence electrons. The van der Waals surface area contributed by atoms with E-state index < -0.39 is 4.92 Å². The minimum Gasteiger partial charge on any atom is -0.322 e. The Bertz CT molecular complexity index is 682. The van der Waals surface area contributed by atoms with Crippen LogP contribution >= 0.6 is 0 Å². The lowest BCUT2D eigenvalue weighted by Crippen LogP contribution is -2.14. The molecule has 0 spiro atoms. The first-order chi connectivity index (χ1) is 9.18. The van der Waals surface area contributed by atoms with Crippen LogP contribution in [0.3, 0.4) is 0 Å². The van der Waals surface area contributed by atoms with Gasteiger partial charge >= 0.3 is 5.69 Å². The van der Waals surface area contributed by atoms with Crippen molar-refractivity contribution >= 4 is 16.7 Å². The van der Waals surface area contributed by atoms with Crippen LogP contribution in [0.1, 0.15) is 38.1 Å². The van der Waals surface area contributed by atoms with Crippen molar-refractivity contribution in [2.24, 2.45) is 0 Å². The summed E-state index contributed by atoms with van der Waals surface area (Å²) in [7, 11) is 0. The molecule has 1 saturated carbocycles. The van der Waals surface area contributed by atoms with Gasteiger partial charge in [0, 0.05) is 6.04 Å². The predicted molar refractivity (Wildman–Crippen MR) is 69.1 cm³/mol. The molecule has 0 radical (unpaired) electrons. The smallest absolute Gasteiger partial charge is 0.311 e. The number of hydrogen-bond donors (Lipinski definition) is 1. The van der Waals surface area contributed by atoms with Crippen molar-refractivity contribution in [1.82, 2.24) is 14.5 Å². The van der Waals surface area contributed by atoms with Gasteiger partial charge in [-0.1, -0.05) is 19.3 Å². The molecule has 0 aliphatic heterocycles. The fourth-order valence-corrected chi connectivity index (χ4v) is 2.83. The summed E-state index contributed by atoms with van der Waals surface area (Å²) in [5.74, 6) is 0. The van der Waals surface area contributed by atoms with Crippen LogP contribution in [0.5, 0.6) is 0 Å². The highest BCUT2D eigenvalue weighted by molar-refractivity contribution is 5.83. The van der Waals surface area contributed by atoms with E-state index in [1.54, 1.807) is 6.33 Å². The van der Waals surface area contributed by atoms with Crippen LogP contribution in [0.15, 0.2) is 17.3 Å². The van der Waals surface area contributed by atoms with Crippen LogP contribution in [0, 0.1) is 10.1 Å². The van der Waals surface area contributed by atoms with Gasteiger partial charge in [0.25, 0.3) is 5.56 Å². The molecule has 1 fully saturated rings. The summed E-state index contributed by atoms with van der Waals surface area (Å²) in [6, 6.07) is 0.208. The molecule has 1 N–H and O–H groups in total. The maximum absolute atomic E-state index is 11.7. The van der Waals surface area contributed by atoms with Crippen LogP contribution in [0.2, 0.25) is 0 Å². The van der Waals surface area contributed by atoms with Crippen LogP contribution in [-0.4, -0.2) is 19.5 Å². The first kappa shape index (κ1) is 11.9. The minimum absolute atomic E-state index is 0.0855. The fourth-order valence-electron chi connectivity index (χ4n) is 2.83. The van der Waals surface area contributed by atoms with E-state index in [1.165, 1.54) is 6.42 Å². The lowest BCUT2D eigenvalue weighted by atomic mass is 9.95. The minimum atomic E-state index is -0.473. The number of aromatic nitrogens is 3. The standard InChI is InChI=1S/C12H14N4O3/c17-12-10-11(9(6-13-12)16(18)19)15(7-14-10)8-4-2-1-3-5-8/h6-8H,1-5H2,(H,13,17). The Balaban J connectivity index is 2.22. The topological polar surface area (TPSA) is 93.8 Å². The summed E-state index contributed by atoms with van der Waals surface area (Å²) in [6.07, 6.45) is 8.11. The van der Waals surface area contributed by atoms with E-state index in [1.807, 2.05) is 4.57 Å². The van der Waals surface area contributed by atoms with E-state index >= 15 is 0 Å². The van der Waals surface area contributed by atoms with Crippen molar-refractivity contribution in [3.8, 4) is 0 Å². The molecule has 2 aromatic rings. The quantitative estimate of drug-likeness (QED) is 0.662. The van der Waals surface area contributed by atoms with Gasteiger partial charge in [-0.2, -0.15) is 0 Å². The molecule has 0 aromatic carbocycles. The van der Waals surface area contributed by atoms with Crippen molar-refractivity contribution in [2.45, 2.75) is 38.1 Å². The molecular weight excluding hydrogens is 248 g/mol. The SMILES string of the molecule is O=c1[nH]cc([N+](=O)[O-])c2c1ncn2C1CCCCC1. The van der Waals surface area contributed by atoms with E-state index in [9.17, 15) is 14.9 Å². The molecule has 2 heterocycles. The van der Waals surface area contributed by atoms with Crippen LogP contribution in [0.4, 0.5) is 5.69 Å². The predicted octanol–water partition coefficient (Wildman–Crippen LogP) is 2.14. The van der Waals surface area contributed by atoms with Crippen molar-refractivity contribution in [3.05, 3.63) is 33.0 Å². The molecule has 2 aromatic heterocycles. The number of pyridine rings is 1. The van der Waals surface area contributed by atoms with Crippen molar-refractivity contribution < 1.29 is 4.92 Å². The Labute approximate surface area is 108 Å². The van der Waals surface area contributed by atoms with Crippen LogP contribution in [0.25, 0.3) is 11.0 Å². The van der Waals surface area contributed by atoms with Gasteiger partial charge in [-0.15, -0.1) is 0 Å². The van der Waals surface area contributed by atoms with Gasteiger partial charge in [0.15, 0.2) is 11.0 Å². The van der Waals surface area contributed by atoms with Gasteiger partial charge in [0.05, 0.1) is 17.4 Å². The van der Waals surface area contributed by atoms with Gasteiger partial charge in [0.2, 0.25) is 0 Å². The Morgan fingerprint density at radius 3 is 2.79 bits per heavy atom. The number of fused-ring (bicyclic) bond motifs is 1. The maximum Gasteiger partial charge on any atom is 0.311 e. The number of rotatable bonds is 2. The third-order valence-electron chi connectivity index (χ3n) is 3.76. The lowest BCUT2D eigenvalue weighted by molar-refractivity contribution is -0.383. The first-order valence-corrected chi connectivity index (χ1v) is 6.41. The maximum atomic E-state index is 11.7. The summed E-state index contributed by atoms with van der Waals surface area (Å²) < 4.78 is 1.81. The molecule has 1 aliphatic carbocycles. The molecule has 3 rings (SSSR count). The highest BCUT2D eigenvalue weighted by atomic mass is 16.6. The monoisotopic (exact) mass is 262 g/mol. The Hall–Kier alpha value is -2.18. The molecule has 0 amide bonds. The van der Waals surface area contributed by atoms with Gasteiger partial charge < -0.3 is 9.55 Å². The van der Waals surface area contributed by atoms with Crippen molar-refractivity contribution in [3.63, 3.8) is 0 Å². The summed E-state index contributed by atoms with van der Waals surface area (Å²) >= 11 is 0. The van der Waals surface area contributed by atoms with Crippen molar-refractivity contribution in [2.75, 3.05) is 0 Å². The Morgan fingerprint density at radius 2 is 2.11 bits per heavy atom. The average Bonchev–Trinajstić information content (AvgIpc) is 2.85. The third kappa shape index (κ3) is 1.91. The summed E-state index contributed by atoms with van der Waals surface area (Å²) in [6.45, 7) is 0. The molecule has 19 heavy (non-hydrogen) atoms. The highest BCUT2D eigenvalue weighted by Crippen LogP contribution is 2.32. The summed E-state index contributed by atoms with van der Waals surface area (Å²) in [5, 5.41) is 11.1. The van der Waals surface area contributed by atoms with Gasteiger partial charge in [-0.25, -0.2) is 4.98 Å². The van der Waals surface area contributed by atoms with Crippen molar-refractivity contribution in [1.29, 1.82) is 0 Å². The Morgan fingerprint density at radius 1 is 1.37 bits per heavy atom. The summed E-state index contributed by atoms with van der Waals surface area (Å²) in [5.41, 5.74) is 0.0354. The highest BCUT2D eigenvalue weighted by Gasteiger charge is 2.24. The van der Waals surface area contributed by atoms with E-state index in [0.717, 1.165) is 31.9 Å². The van der Waals surface area contributed by atoms with Gasteiger partial charge in [-0.05, 0) is 12.8 Å². The molecule has 0 unspecified atom stereocenters. The van der Waals surface area contributed by atoms with Crippen LogP contribution < -0.4 is 5.56 Å². The second-order valence-corrected chi connectivity index (χ2v) is 4.90. The van der Waals surface area contributed by atoms with E-state index in [-0.39, 0.29) is 22.8 Å². The molecule has 7 heteroatoms. The second-order valence-electron chi connectivity index (χ2n) is 4.90. The molecule has 1 aliphatic rings. The number of nitrogens with zero attached hydrogens (tertiary/aromatic N) is 3. The number of imidazole rings is 1. The zero-order chi connectivity index (χ0) is 13.4. The van der Waals surface area contributed by atoms with Gasteiger partial charge in [0.1, 0.15) is 0 Å². The number of aromatic amines is 1. The lowest BCUT2D eigenvalue weighted by Gasteiger charge is -2.23. The van der Waals surface area contributed by atoms with E-state index in [2.05, 4.69) is 9.97 Å². The average molecular weight is 262 g/mol. The first-order valence-electron chi connectivity index (χ1n) is 6.41. The number of hydrogen-bond acceptors (Lipinski definition) is 4. The molecule has 0 atom stereocenters. The fraction of sp³-hybridized carbons (Fsp3) is 0.500. The second kappa shape index (κ2) is 4.49. The number of nitro groups is 1. The third-order valence-corrected chi connectivity index (χ3v) is 3.76.